The second-order valence-corrected chi connectivity index (χ2v) is 10.7. The molecule has 162 valence electrons. The maximum atomic E-state index is 13.1. The number of nitrogens with zero attached hydrogens (tertiary/aromatic N) is 1. The molecule has 0 saturated carbocycles. The molecule has 0 aromatic heterocycles. The number of thiol groups is 1. The number of anilines is 1. The Labute approximate surface area is 179 Å². The number of hydrogen-bond donors (Lipinski definition) is 4. The molecular formula is C23H32N4O2S. The van der Waals surface area contributed by atoms with Gasteiger partial charge in [-0.05, 0) is 99.5 Å². The summed E-state index contributed by atoms with van der Waals surface area (Å²) in [5, 5.41) is 9.08. The van der Waals surface area contributed by atoms with Gasteiger partial charge in [-0.15, -0.1) is 0 Å². The first kappa shape index (κ1) is 21.0. The second-order valence-electron chi connectivity index (χ2n) is 8.69. The van der Waals surface area contributed by atoms with Gasteiger partial charge in [-0.25, -0.2) is 9.00 Å². The van der Waals surface area contributed by atoms with E-state index in [9.17, 15) is 9.00 Å². The van der Waals surface area contributed by atoms with Crippen molar-refractivity contribution in [1.29, 1.82) is 0 Å². The Morgan fingerprint density at radius 1 is 1.03 bits per heavy atom. The molecule has 0 bridgehead atoms. The number of fused-ring (bicyclic) bond motifs is 2. The third-order valence-electron chi connectivity index (χ3n) is 6.51. The van der Waals surface area contributed by atoms with Crippen LogP contribution >= 0.6 is 0 Å². The number of nitrogens with two attached hydrogens (primary N) is 1. The summed E-state index contributed by atoms with van der Waals surface area (Å²) in [6.07, 6.45) is 6.30. The molecule has 2 aliphatic rings. The van der Waals surface area contributed by atoms with E-state index in [0.717, 1.165) is 49.8 Å². The Morgan fingerprint density at radius 3 is 2.13 bits per heavy atom. The minimum Gasteiger partial charge on any atom is -0.307 e. The maximum Gasteiger partial charge on any atom is 0.330 e. The number of hydrogen-bond acceptors (Lipinski definition) is 3. The first-order chi connectivity index (χ1) is 14.3. The fraction of sp³-hybridized carbons (Fsp3) is 0.435. The highest BCUT2D eigenvalue weighted by molar-refractivity contribution is 7.99. The van der Waals surface area contributed by atoms with E-state index >= 15 is 0 Å². The lowest BCUT2D eigenvalue weighted by molar-refractivity contribution is 0.256. The van der Waals surface area contributed by atoms with Gasteiger partial charge >= 0.3 is 6.03 Å². The number of rotatable bonds is 5. The number of benzene rings is 2. The predicted octanol–water partition coefficient (Wildman–Crippen LogP) is 3.27. The third kappa shape index (κ3) is 4.02. The third-order valence-corrected chi connectivity index (χ3v) is 8.11. The van der Waals surface area contributed by atoms with Gasteiger partial charge in [0.15, 0.2) is 0 Å². The van der Waals surface area contributed by atoms with Crippen LogP contribution in [0.15, 0.2) is 35.2 Å². The fourth-order valence-electron chi connectivity index (χ4n) is 4.60. The van der Waals surface area contributed by atoms with E-state index < -0.39 is 16.3 Å². The van der Waals surface area contributed by atoms with Gasteiger partial charge in [0, 0.05) is 26.9 Å². The van der Waals surface area contributed by atoms with Crippen molar-refractivity contribution in [2.45, 2.75) is 56.4 Å². The highest BCUT2D eigenvalue weighted by Crippen LogP contribution is 2.38. The quantitative estimate of drug-likeness (QED) is 0.551. The van der Waals surface area contributed by atoms with Gasteiger partial charge in [0.25, 0.3) is 0 Å². The summed E-state index contributed by atoms with van der Waals surface area (Å²) in [6, 6.07) is 9.36. The molecule has 1 unspecified atom stereocenters. The summed E-state index contributed by atoms with van der Waals surface area (Å²) in [4.78, 5) is 15.3. The Morgan fingerprint density at radius 2 is 1.60 bits per heavy atom. The molecule has 0 aliphatic heterocycles. The number of urea groups is 1. The Kier molecular flexibility index (Phi) is 5.70. The van der Waals surface area contributed by atoms with Crippen molar-refractivity contribution in [3.63, 3.8) is 0 Å². The number of carbonyl (C=O) groups is 1. The Bertz CT molecular complexity index is 985. The van der Waals surface area contributed by atoms with Crippen LogP contribution in [0.4, 0.5) is 10.5 Å². The van der Waals surface area contributed by atoms with E-state index in [1.54, 1.807) is 12.1 Å². The summed E-state index contributed by atoms with van der Waals surface area (Å²) in [5.74, 6) is 0. The zero-order chi connectivity index (χ0) is 21.5. The van der Waals surface area contributed by atoms with Crippen LogP contribution in [0.5, 0.6) is 0 Å². The largest absolute Gasteiger partial charge is 0.330 e. The molecule has 6 nitrogen and oxygen atoms in total. The average Bonchev–Trinajstić information content (AvgIpc) is 3.36. The van der Waals surface area contributed by atoms with Gasteiger partial charge in [-0.1, -0.05) is 18.2 Å². The molecule has 7 heteroatoms. The SMILES string of the molecule is CC(c1ccc([SH](N)(=O)NC(=O)Nc2c3c(cc4c2CCC4)CCC3)cc1)N(C)C. The van der Waals surface area contributed by atoms with Crippen LogP contribution in [-0.2, 0) is 36.0 Å². The summed E-state index contributed by atoms with van der Waals surface area (Å²) in [6.45, 7) is 2.10. The lowest BCUT2D eigenvalue weighted by Crippen LogP contribution is -2.45. The van der Waals surface area contributed by atoms with Crippen LogP contribution in [0.1, 0.15) is 53.6 Å². The number of nitrogens with one attached hydrogen (secondary N) is 2. The smallest absolute Gasteiger partial charge is 0.307 e. The summed E-state index contributed by atoms with van der Waals surface area (Å²) < 4.78 is 15.6. The van der Waals surface area contributed by atoms with Crippen LogP contribution in [0.25, 0.3) is 0 Å². The van der Waals surface area contributed by atoms with Crippen molar-refractivity contribution in [3.05, 3.63) is 58.1 Å². The van der Waals surface area contributed by atoms with Gasteiger partial charge in [0.05, 0.1) is 0 Å². The van der Waals surface area contributed by atoms with Crippen LogP contribution in [0.2, 0.25) is 0 Å². The molecular weight excluding hydrogens is 396 g/mol. The molecule has 0 fully saturated rings. The highest BCUT2D eigenvalue weighted by atomic mass is 32.3. The van der Waals surface area contributed by atoms with Gasteiger partial charge in [0.1, 0.15) is 0 Å². The topological polar surface area (TPSA) is 87.5 Å². The van der Waals surface area contributed by atoms with E-state index in [1.807, 2.05) is 26.2 Å². The first-order valence-corrected chi connectivity index (χ1v) is 12.4. The van der Waals surface area contributed by atoms with Crippen molar-refractivity contribution in [2.75, 3.05) is 19.4 Å². The lowest BCUT2D eigenvalue weighted by atomic mass is 9.99. The molecule has 0 saturated heterocycles. The van der Waals surface area contributed by atoms with Crippen molar-refractivity contribution >= 4 is 22.0 Å². The standard InChI is InChI=1S/C23H32N4O2S/c1-15(27(2)3)16-10-12-19(13-11-16)30(24,29)26-23(28)25-22-20-8-4-6-17(20)14-18-7-5-9-21(18)22/h10-15,30H,4-9H2,1-3H3,(H4,24,25,26,28,29). The molecule has 2 amide bonds. The molecule has 0 spiro atoms. The Hall–Kier alpha value is -2.22. The number of amides is 2. The van der Waals surface area contributed by atoms with Gasteiger partial charge in [0.2, 0.25) is 0 Å². The predicted molar refractivity (Wildman–Crippen MR) is 123 cm³/mol. The van der Waals surface area contributed by atoms with E-state index in [2.05, 4.69) is 27.9 Å². The summed E-state index contributed by atoms with van der Waals surface area (Å²) >= 11 is 0. The van der Waals surface area contributed by atoms with Crippen LogP contribution in [0, 0.1) is 0 Å². The average molecular weight is 429 g/mol. The molecule has 4 N–H and O–H groups in total. The van der Waals surface area contributed by atoms with Crippen molar-refractivity contribution in [2.24, 2.45) is 5.14 Å². The van der Waals surface area contributed by atoms with E-state index in [1.165, 1.54) is 22.3 Å². The van der Waals surface area contributed by atoms with Crippen LogP contribution < -0.4 is 15.2 Å². The van der Waals surface area contributed by atoms with Crippen LogP contribution in [-0.4, -0.2) is 29.2 Å². The molecule has 0 radical (unpaired) electrons. The van der Waals surface area contributed by atoms with Crippen molar-refractivity contribution < 1.29 is 9.00 Å². The molecule has 2 aliphatic carbocycles. The molecule has 4 rings (SSSR count). The number of carbonyl (C=O) groups excluding carboxylic acids is 1. The molecule has 30 heavy (non-hydrogen) atoms. The minimum absolute atomic E-state index is 0.231. The monoisotopic (exact) mass is 428 g/mol. The molecule has 1 atom stereocenters. The van der Waals surface area contributed by atoms with E-state index in [0.29, 0.717) is 4.90 Å². The van der Waals surface area contributed by atoms with Crippen molar-refractivity contribution in [3.8, 4) is 0 Å². The maximum absolute atomic E-state index is 13.1. The van der Waals surface area contributed by atoms with Gasteiger partial charge in [-0.2, -0.15) is 0 Å². The van der Waals surface area contributed by atoms with Crippen molar-refractivity contribution in [1.82, 2.24) is 9.62 Å². The summed E-state index contributed by atoms with van der Waals surface area (Å²) in [7, 11) is 0.492. The van der Waals surface area contributed by atoms with Gasteiger partial charge in [-0.3, -0.25) is 9.86 Å². The Balaban J connectivity index is 1.51. The minimum atomic E-state index is -3.53. The zero-order valence-electron chi connectivity index (χ0n) is 18.0. The first-order valence-electron chi connectivity index (χ1n) is 10.7. The van der Waals surface area contributed by atoms with Gasteiger partial charge < -0.3 is 10.2 Å². The number of aryl methyl sites for hydroxylation is 2. The zero-order valence-corrected chi connectivity index (χ0v) is 18.9. The molecule has 0 heterocycles. The second kappa shape index (κ2) is 8.13. The molecule has 2 aromatic carbocycles. The lowest BCUT2D eigenvalue weighted by Gasteiger charge is -2.24. The van der Waals surface area contributed by atoms with E-state index in [-0.39, 0.29) is 6.04 Å². The highest BCUT2D eigenvalue weighted by Gasteiger charge is 2.26. The fourth-order valence-corrected chi connectivity index (χ4v) is 5.68. The van der Waals surface area contributed by atoms with Crippen LogP contribution in [0.3, 0.4) is 0 Å². The summed E-state index contributed by atoms with van der Waals surface area (Å²) in [5.41, 5.74) is 7.17. The van der Waals surface area contributed by atoms with E-state index in [4.69, 9.17) is 5.14 Å². The normalized spacial score (nSPS) is 16.8. The molecule has 2 aromatic rings.